The molecular weight excluding hydrogens is 258 g/mol. The molecule has 1 aromatic heterocycles. The Morgan fingerprint density at radius 2 is 2.22 bits per heavy atom. The molecule has 1 unspecified atom stereocenters. The lowest BCUT2D eigenvalue weighted by molar-refractivity contribution is 0.313. The van der Waals surface area contributed by atoms with Crippen molar-refractivity contribution in [2.75, 3.05) is 0 Å². The van der Waals surface area contributed by atoms with Crippen molar-refractivity contribution < 1.29 is 13.6 Å². The molecule has 0 aromatic carbocycles. The summed E-state index contributed by atoms with van der Waals surface area (Å²) in [6, 6.07) is -0.783. The van der Waals surface area contributed by atoms with Crippen LogP contribution in [0.5, 0.6) is 0 Å². The predicted molar refractivity (Wildman–Crippen MR) is 65.7 cm³/mol. The molecule has 1 atom stereocenters. The largest absolute Gasteiger partial charge is 0.409 e. The van der Waals surface area contributed by atoms with Crippen molar-refractivity contribution in [3.8, 4) is 0 Å². The van der Waals surface area contributed by atoms with Gasteiger partial charge >= 0.3 is 0 Å². The van der Waals surface area contributed by atoms with Gasteiger partial charge in [-0.3, -0.25) is 5.10 Å². The highest BCUT2D eigenvalue weighted by Gasteiger charge is 2.27. The molecule has 1 rings (SSSR count). The molecule has 8 nitrogen and oxygen atoms in total. The van der Waals surface area contributed by atoms with Gasteiger partial charge in [-0.25, -0.2) is 13.1 Å². The van der Waals surface area contributed by atoms with Crippen LogP contribution in [-0.2, 0) is 10.0 Å². The molecule has 1 aromatic rings. The number of nitrogens with zero attached hydrogens (tertiary/aromatic N) is 2. The average molecular weight is 275 g/mol. The second kappa shape index (κ2) is 5.36. The van der Waals surface area contributed by atoms with Crippen molar-refractivity contribution in [3.63, 3.8) is 0 Å². The lowest BCUT2D eigenvalue weighted by Gasteiger charge is -2.20. The molecule has 1 heterocycles. The zero-order valence-electron chi connectivity index (χ0n) is 10.4. The molecule has 0 radical (unpaired) electrons. The van der Waals surface area contributed by atoms with Crippen LogP contribution in [0.2, 0.25) is 0 Å². The second-order valence-corrected chi connectivity index (χ2v) is 5.91. The molecule has 0 amide bonds. The zero-order valence-corrected chi connectivity index (χ0v) is 11.2. The van der Waals surface area contributed by atoms with E-state index in [4.69, 9.17) is 10.9 Å². The van der Waals surface area contributed by atoms with Crippen molar-refractivity contribution in [2.24, 2.45) is 16.8 Å². The molecule has 18 heavy (non-hydrogen) atoms. The van der Waals surface area contributed by atoms with Gasteiger partial charge in [0, 0.05) is 0 Å². The lowest BCUT2D eigenvalue weighted by Crippen LogP contribution is -2.47. The second-order valence-electron chi connectivity index (χ2n) is 4.23. The molecule has 0 aliphatic rings. The summed E-state index contributed by atoms with van der Waals surface area (Å²) in [7, 11) is -3.76. The van der Waals surface area contributed by atoms with Gasteiger partial charge in [0.25, 0.3) is 0 Å². The average Bonchev–Trinajstić information content (AvgIpc) is 2.72. The third-order valence-corrected chi connectivity index (χ3v) is 4.01. The third kappa shape index (κ3) is 2.99. The van der Waals surface area contributed by atoms with Gasteiger partial charge in [0.15, 0.2) is 5.84 Å². The third-order valence-electron chi connectivity index (χ3n) is 2.46. The van der Waals surface area contributed by atoms with Crippen molar-refractivity contribution in [3.05, 3.63) is 11.9 Å². The number of oxime groups is 1. The molecule has 0 saturated carbocycles. The Kier molecular flexibility index (Phi) is 4.30. The molecule has 0 spiro atoms. The number of sulfonamides is 1. The molecule has 0 aliphatic heterocycles. The van der Waals surface area contributed by atoms with E-state index in [9.17, 15) is 8.42 Å². The van der Waals surface area contributed by atoms with Gasteiger partial charge < -0.3 is 10.9 Å². The Balaban J connectivity index is 3.05. The quantitative estimate of drug-likeness (QED) is 0.255. The number of nitrogens with one attached hydrogen (secondary N) is 2. The van der Waals surface area contributed by atoms with Gasteiger partial charge in [-0.05, 0) is 12.8 Å². The van der Waals surface area contributed by atoms with E-state index in [0.717, 1.165) is 0 Å². The van der Waals surface area contributed by atoms with E-state index < -0.39 is 16.1 Å². The van der Waals surface area contributed by atoms with Crippen LogP contribution in [0.15, 0.2) is 16.2 Å². The summed E-state index contributed by atoms with van der Waals surface area (Å²) in [4.78, 5) is 0.0406. The Bertz CT molecular complexity index is 534. The Labute approximate surface area is 105 Å². The van der Waals surface area contributed by atoms with E-state index in [1.165, 1.54) is 6.20 Å². The molecular formula is C9H17N5O3S. The Morgan fingerprint density at radius 3 is 2.61 bits per heavy atom. The van der Waals surface area contributed by atoms with Gasteiger partial charge in [-0.2, -0.15) is 5.10 Å². The minimum absolute atomic E-state index is 0.0406. The number of rotatable bonds is 5. The van der Waals surface area contributed by atoms with Crippen LogP contribution in [-0.4, -0.2) is 35.7 Å². The van der Waals surface area contributed by atoms with Crippen molar-refractivity contribution in [1.82, 2.24) is 14.9 Å². The number of aromatic nitrogens is 2. The normalized spacial score (nSPS) is 15.0. The van der Waals surface area contributed by atoms with Gasteiger partial charge in [0.1, 0.15) is 4.90 Å². The maximum absolute atomic E-state index is 12.1. The van der Waals surface area contributed by atoms with Crippen LogP contribution in [0.3, 0.4) is 0 Å². The smallest absolute Gasteiger partial charge is 0.244 e. The molecule has 9 heteroatoms. The standard InChI is InChI=1S/C9H17N5O3S/c1-5(2)8(9(10)13-15)14-18(16,17)7-4-11-12-6(7)3/h4-5,8,14-15H,1-3H3,(H2,10,13)(H,11,12). The van der Waals surface area contributed by atoms with Crippen molar-refractivity contribution >= 4 is 15.9 Å². The number of hydrogen-bond donors (Lipinski definition) is 4. The Morgan fingerprint density at radius 1 is 1.61 bits per heavy atom. The highest BCUT2D eigenvalue weighted by molar-refractivity contribution is 7.89. The fraction of sp³-hybridized carbons (Fsp3) is 0.556. The van der Waals surface area contributed by atoms with Gasteiger partial charge in [0.2, 0.25) is 10.0 Å². The maximum Gasteiger partial charge on any atom is 0.244 e. The summed E-state index contributed by atoms with van der Waals surface area (Å²) in [5.74, 6) is -0.349. The molecule has 0 aliphatic carbocycles. The summed E-state index contributed by atoms with van der Waals surface area (Å²) in [6.45, 7) is 5.11. The van der Waals surface area contributed by atoms with Crippen LogP contribution in [0.1, 0.15) is 19.5 Å². The number of nitrogens with two attached hydrogens (primary N) is 1. The lowest BCUT2D eigenvalue weighted by atomic mass is 10.1. The first kappa shape index (κ1) is 14.5. The number of aromatic amines is 1. The Hall–Kier alpha value is -1.61. The van der Waals surface area contributed by atoms with E-state index in [0.29, 0.717) is 5.69 Å². The SMILES string of the molecule is Cc1[nH]ncc1S(=O)(=O)NC(C(N)=NO)C(C)C. The van der Waals surface area contributed by atoms with Gasteiger partial charge in [0.05, 0.1) is 17.9 Å². The number of hydrogen-bond acceptors (Lipinski definition) is 5. The number of aryl methyl sites for hydroxylation is 1. The summed E-state index contributed by atoms with van der Waals surface area (Å²) in [6.07, 6.45) is 1.21. The molecule has 102 valence electrons. The fourth-order valence-corrected chi connectivity index (χ4v) is 2.94. The highest BCUT2D eigenvalue weighted by atomic mass is 32.2. The first-order valence-electron chi connectivity index (χ1n) is 5.29. The van der Waals surface area contributed by atoms with E-state index in [-0.39, 0.29) is 16.6 Å². The first-order valence-corrected chi connectivity index (χ1v) is 6.77. The molecule has 0 bridgehead atoms. The monoisotopic (exact) mass is 275 g/mol. The molecule has 0 fully saturated rings. The summed E-state index contributed by atoms with van der Waals surface area (Å²) in [5.41, 5.74) is 5.89. The summed E-state index contributed by atoms with van der Waals surface area (Å²) in [5, 5.41) is 17.7. The van der Waals surface area contributed by atoms with Gasteiger partial charge in [-0.1, -0.05) is 19.0 Å². The van der Waals surface area contributed by atoms with E-state index in [1.807, 2.05) is 0 Å². The van der Waals surface area contributed by atoms with Crippen LogP contribution in [0.25, 0.3) is 0 Å². The van der Waals surface area contributed by atoms with Crippen molar-refractivity contribution in [2.45, 2.75) is 31.7 Å². The first-order chi connectivity index (χ1) is 8.29. The summed E-state index contributed by atoms with van der Waals surface area (Å²) < 4.78 is 26.6. The maximum atomic E-state index is 12.1. The van der Waals surface area contributed by atoms with E-state index in [2.05, 4.69) is 20.1 Å². The fourth-order valence-electron chi connectivity index (χ4n) is 1.44. The minimum Gasteiger partial charge on any atom is -0.409 e. The van der Waals surface area contributed by atoms with E-state index in [1.54, 1.807) is 20.8 Å². The van der Waals surface area contributed by atoms with E-state index >= 15 is 0 Å². The predicted octanol–water partition coefficient (Wildman–Crippen LogP) is -0.233. The van der Waals surface area contributed by atoms with Crippen molar-refractivity contribution in [1.29, 1.82) is 0 Å². The van der Waals surface area contributed by atoms with Crippen LogP contribution in [0.4, 0.5) is 0 Å². The zero-order chi connectivity index (χ0) is 13.9. The van der Waals surface area contributed by atoms with Crippen LogP contribution < -0.4 is 10.5 Å². The van der Waals surface area contributed by atoms with Crippen LogP contribution in [0, 0.1) is 12.8 Å². The van der Waals surface area contributed by atoms with Crippen LogP contribution >= 0.6 is 0 Å². The minimum atomic E-state index is -3.76. The molecule has 0 saturated heterocycles. The van der Waals surface area contributed by atoms with Gasteiger partial charge in [-0.15, -0.1) is 0 Å². The highest BCUT2D eigenvalue weighted by Crippen LogP contribution is 2.13. The number of amidine groups is 1. The topological polar surface area (TPSA) is 133 Å². The number of H-pyrrole nitrogens is 1. The summed E-state index contributed by atoms with van der Waals surface area (Å²) >= 11 is 0. The molecule has 5 N–H and O–H groups in total.